The molecule has 0 aromatic rings. The monoisotopic (exact) mass is 1110 g/mol. The van der Waals surface area contributed by atoms with E-state index in [4.69, 9.17) is 18.9 Å². The van der Waals surface area contributed by atoms with E-state index in [-0.39, 0.29) is 32.2 Å². The van der Waals surface area contributed by atoms with Gasteiger partial charge in [-0.2, -0.15) is 0 Å². The predicted molar refractivity (Wildman–Crippen MR) is 334 cm³/mol. The van der Waals surface area contributed by atoms with Gasteiger partial charge < -0.3 is 33.3 Å². The number of nitrogens with zero attached hydrogens (tertiary/aromatic N) is 1. The van der Waals surface area contributed by atoms with Crippen LogP contribution >= 0.6 is 0 Å². The molecule has 0 saturated heterocycles. The molecule has 0 heterocycles. The Labute approximate surface area is 487 Å². The fourth-order valence-corrected chi connectivity index (χ4v) is 9.17. The van der Waals surface area contributed by atoms with Gasteiger partial charge in [0.25, 0.3) is 0 Å². The third-order valence-electron chi connectivity index (χ3n) is 14.2. The number of carboxylic acids is 1. The maximum Gasteiger partial charge on any atom is 0.306 e. The largest absolute Gasteiger partial charge is 0.545 e. The second-order valence-corrected chi connectivity index (χ2v) is 23.0. The molecular weight excluding hydrogens is 983 g/mol. The maximum atomic E-state index is 12.9. The van der Waals surface area contributed by atoms with Gasteiger partial charge in [0.15, 0.2) is 12.4 Å². The van der Waals surface area contributed by atoms with Gasteiger partial charge in [-0.1, -0.05) is 285 Å². The number of esters is 2. The zero-order valence-corrected chi connectivity index (χ0v) is 52.0. The van der Waals surface area contributed by atoms with E-state index in [1.54, 1.807) is 0 Å². The number of hydrogen-bond acceptors (Lipinski definition) is 8. The van der Waals surface area contributed by atoms with Crippen LogP contribution in [0.15, 0.2) is 85.1 Å². The molecule has 79 heavy (non-hydrogen) atoms. The number of carbonyl (C=O) groups excluding carboxylic acids is 3. The highest BCUT2D eigenvalue weighted by Gasteiger charge is 2.22. The first-order chi connectivity index (χ1) is 38.6. The fraction of sp³-hybridized carbons (Fsp3) is 0.757. The van der Waals surface area contributed by atoms with E-state index >= 15 is 0 Å². The summed E-state index contributed by atoms with van der Waals surface area (Å²) in [6.07, 6.45) is 77.9. The van der Waals surface area contributed by atoms with Crippen LogP contribution in [0.25, 0.3) is 0 Å². The second-order valence-electron chi connectivity index (χ2n) is 23.0. The van der Waals surface area contributed by atoms with Gasteiger partial charge in [0, 0.05) is 12.8 Å². The molecule has 0 saturated carbocycles. The van der Waals surface area contributed by atoms with Crippen molar-refractivity contribution in [3.8, 4) is 0 Å². The number of ether oxygens (including phenoxy) is 4. The highest BCUT2D eigenvalue weighted by atomic mass is 16.7. The van der Waals surface area contributed by atoms with Gasteiger partial charge in [-0.15, -0.1) is 0 Å². The van der Waals surface area contributed by atoms with E-state index in [1.165, 1.54) is 161 Å². The summed E-state index contributed by atoms with van der Waals surface area (Å²) >= 11 is 0. The number of aliphatic carboxylic acids is 1. The fourth-order valence-electron chi connectivity index (χ4n) is 9.17. The van der Waals surface area contributed by atoms with Crippen molar-refractivity contribution in [3.05, 3.63) is 85.1 Å². The van der Waals surface area contributed by atoms with E-state index in [2.05, 4.69) is 98.9 Å². The molecule has 0 radical (unpaired) electrons. The summed E-state index contributed by atoms with van der Waals surface area (Å²) in [6.45, 7) is 4.66. The molecule has 0 fully saturated rings. The van der Waals surface area contributed by atoms with Gasteiger partial charge in [0.2, 0.25) is 0 Å². The van der Waals surface area contributed by atoms with Gasteiger partial charge in [-0.25, -0.2) is 0 Å². The summed E-state index contributed by atoms with van der Waals surface area (Å²) in [7, 11) is 5.93. The van der Waals surface area contributed by atoms with Gasteiger partial charge >= 0.3 is 11.9 Å². The van der Waals surface area contributed by atoms with Crippen LogP contribution in [0.2, 0.25) is 0 Å². The molecule has 0 aliphatic rings. The van der Waals surface area contributed by atoms with Crippen molar-refractivity contribution in [2.45, 2.75) is 296 Å². The SMILES string of the molecule is CC/C=C\C/C=C\C/C=C\C/C=C\C/C=C\C/C=C\C/C=C\CCCCCCCCCCCC(=O)OC(COC(=O)CCCCCCCCCCCCCCCCCCCCCCCCC)COC(OCC[N+](C)(C)C)C(=O)[O-]. The van der Waals surface area contributed by atoms with Crippen molar-refractivity contribution < 1.29 is 42.9 Å². The number of unbranched alkanes of at least 4 members (excludes halogenated alkanes) is 31. The molecule has 0 amide bonds. The molecule has 0 aromatic carbocycles. The molecule has 9 heteroatoms. The van der Waals surface area contributed by atoms with Crippen molar-refractivity contribution in [1.82, 2.24) is 0 Å². The van der Waals surface area contributed by atoms with Crippen LogP contribution in [0.5, 0.6) is 0 Å². The topological polar surface area (TPSA) is 111 Å². The molecule has 0 aliphatic heterocycles. The number of quaternary nitrogens is 1. The van der Waals surface area contributed by atoms with Gasteiger partial charge in [0.05, 0.1) is 40.3 Å². The molecule has 2 atom stereocenters. The minimum atomic E-state index is -1.63. The van der Waals surface area contributed by atoms with Crippen LogP contribution in [-0.4, -0.2) is 82.3 Å². The first kappa shape index (κ1) is 75.5. The molecule has 0 bridgehead atoms. The normalized spacial score (nSPS) is 13.3. The smallest absolute Gasteiger partial charge is 0.306 e. The third kappa shape index (κ3) is 61.9. The second kappa shape index (κ2) is 60.6. The molecule has 0 spiro atoms. The van der Waals surface area contributed by atoms with Crippen LogP contribution in [0.4, 0.5) is 0 Å². The van der Waals surface area contributed by atoms with Crippen molar-refractivity contribution in [3.63, 3.8) is 0 Å². The molecule has 456 valence electrons. The Balaban J connectivity index is 4.19. The van der Waals surface area contributed by atoms with E-state index in [9.17, 15) is 19.5 Å². The molecule has 0 aliphatic carbocycles. The summed E-state index contributed by atoms with van der Waals surface area (Å²) in [4.78, 5) is 37.4. The summed E-state index contributed by atoms with van der Waals surface area (Å²) < 4.78 is 22.8. The summed E-state index contributed by atoms with van der Waals surface area (Å²) in [5, 5.41) is 11.8. The average Bonchev–Trinajstić information content (AvgIpc) is 3.42. The number of allylic oxidation sites excluding steroid dienone is 14. The minimum absolute atomic E-state index is 0.144. The Kier molecular flexibility index (Phi) is 57.9. The van der Waals surface area contributed by atoms with Crippen LogP contribution < -0.4 is 5.11 Å². The first-order valence-electron chi connectivity index (χ1n) is 32.7. The first-order valence-corrected chi connectivity index (χ1v) is 32.7. The Hall–Kier alpha value is -3.53. The average molecular weight is 1110 g/mol. The van der Waals surface area contributed by atoms with E-state index in [0.717, 1.165) is 89.9 Å². The zero-order valence-electron chi connectivity index (χ0n) is 52.0. The highest BCUT2D eigenvalue weighted by Crippen LogP contribution is 2.17. The molecule has 0 rings (SSSR count). The van der Waals surface area contributed by atoms with E-state index in [1.807, 2.05) is 21.1 Å². The number of likely N-dealkylation sites (N-methyl/N-ethyl adjacent to an activating group) is 1. The predicted octanol–water partition coefficient (Wildman–Crippen LogP) is 18.6. The maximum absolute atomic E-state index is 12.9. The number of hydrogen-bond donors (Lipinski definition) is 0. The lowest BCUT2D eigenvalue weighted by Gasteiger charge is -2.26. The van der Waals surface area contributed by atoms with Crippen molar-refractivity contribution >= 4 is 17.9 Å². The van der Waals surface area contributed by atoms with Crippen LogP contribution in [0.1, 0.15) is 284 Å². The zero-order chi connectivity index (χ0) is 57.6. The van der Waals surface area contributed by atoms with E-state index in [0.29, 0.717) is 23.9 Å². The van der Waals surface area contributed by atoms with Gasteiger partial charge in [-0.05, 0) is 70.6 Å². The van der Waals surface area contributed by atoms with E-state index < -0.39 is 24.3 Å². The molecular formula is C70H123NO8. The molecule has 9 nitrogen and oxygen atoms in total. The number of carbonyl (C=O) groups is 3. The summed E-state index contributed by atoms with van der Waals surface area (Å²) in [5.74, 6) is -2.28. The van der Waals surface area contributed by atoms with Gasteiger partial charge in [-0.3, -0.25) is 9.59 Å². The lowest BCUT2D eigenvalue weighted by Crippen LogP contribution is -2.44. The number of rotatable bonds is 60. The van der Waals surface area contributed by atoms with Crippen molar-refractivity contribution in [2.75, 3.05) is 47.5 Å². The van der Waals surface area contributed by atoms with Crippen molar-refractivity contribution in [1.29, 1.82) is 0 Å². The molecule has 0 aromatic heterocycles. The Morgan fingerprint density at radius 3 is 1.08 bits per heavy atom. The minimum Gasteiger partial charge on any atom is -0.545 e. The third-order valence-corrected chi connectivity index (χ3v) is 14.2. The standard InChI is InChI=1S/C70H123NO8/c1-6-8-10-12-14-16-18-20-22-24-26-28-30-31-32-33-34-35-36-37-39-41-43-45-47-49-51-53-55-57-59-61-68(73)79-66(65-78-70(69(74)75)76-63-62-71(3,4)5)64-77-67(72)60-58-56-54-52-50-48-46-44-42-40-38-29-27-25-23-21-19-17-15-13-11-9-7-2/h8,10,14,16,20,22,26,28,31-32,34-35,37,39,66,70H,6-7,9,11-13,15,17-19,21,23-25,27,29-30,33,36,38,40-65H2,1-5H3/b10-8-,16-14-,22-20-,28-26-,32-31-,35-34-,39-37-. The van der Waals surface area contributed by atoms with Gasteiger partial charge in [0.1, 0.15) is 13.2 Å². The van der Waals surface area contributed by atoms with Crippen LogP contribution in [-0.2, 0) is 33.3 Å². The Morgan fingerprint density at radius 2 is 0.722 bits per heavy atom. The lowest BCUT2D eigenvalue weighted by molar-refractivity contribution is -0.870. The number of carboxylic acid groups (broad SMARTS) is 1. The summed E-state index contributed by atoms with van der Waals surface area (Å²) in [5.41, 5.74) is 0. The lowest BCUT2D eigenvalue weighted by atomic mass is 10.0. The van der Waals surface area contributed by atoms with Crippen LogP contribution in [0, 0.1) is 0 Å². The Bertz CT molecular complexity index is 1570. The quantitative estimate of drug-likeness (QED) is 0.0195. The molecule has 0 N–H and O–H groups in total. The van der Waals surface area contributed by atoms with Crippen molar-refractivity contribution in [2.24, 2.45) is 0 Å². The highest BCUT2D eigenvalue weighted by molar-refractivity contribution is 5.70. The Morgan fingerprint density at radius 1 is 0.392 bits per heavy atom. The van der Waals surface area contributed by atoms with Crippen LogP contribution in [0.3, 0.4) is 0 Å². The molecule has 2 unspecified atom stereocenters. The summed E-state index contributed by atoms with van der Waals surface area (Å²) in [6, 6.07) is 0.